The van der Waals surface area contributed by atoms with E-state index in [0.29, 0.717) is 24.6 Å². The van der Waals surface area contributed by atoms with E-state index >= 15 is 0 Å². The molecule has 3 aromatic rings. The van der Waals surface area contributed by atoms with E-state index in [-0.39, 0.29) is 11.8 Å². The molecule has 0 saturated heterocycles. The molecule has 0 saturated carbocycles. The first kappa shape index (κ1) is 22.5. The highest BCUT2D eigenvalue weighted by atomic mass is 16.2. The van der Waals surface area contributed by atoms with Gasteiger partial charge < -0.3 is 10.6 Å². The van der Waals surface area contributed by atoms with E-state index in [1.807, 2.05) is 18.2 Å². The quantitative estimate of drug-likeness (QED) is 0.364. The maximum Gasteiger partial charge on any atom is 0.251 e. The van der Waals surface area contributed by atoms with Crippen molar-refractivity contribution in [2.75, 3.05) is 6.54 Å². The molecule has 168 valence electrons. The van der Waals surface area contributed by atoms with Gasteiger partial charge in [-0.2, -0.15) is 0 Å². The fraction of sp³-hybridized carbons (Fsp3) is 0.241. The Kier molecular flexibility index (Phi) is 7.04. The molecule has 0 atom stereocenters. The van der Waals surface area contributed by atoms with Gasteiger partial charge in [0.2, 0.25) is 5.91 Å². The Morgan fingerprint density at radius 2 is 1.67 bits per heavy atom. The van der Waals surface area contributed by atoms with E-state index in [1.165, 1.54) is 22.3 Å². The summed E-state index contributed by atoms with van der Waals surface area (Å²) in [6.07, 6.45) is 5.34. The zero-order chi connectivity index (χ0) is 23.2. The second kappa shape index (κ2) is 10.3. The first-order valence-corrected chi connectivity index (χ1v) is 11.5. The Labute approximate surface area is 195 Å². The number of hydrogen-bond donors (Lipinski definition) is 2. The van der Waals surface area contributed by atoms with Crippen molar-refractivity contribution < 1.29 is 9.59 Å². The van der Waals surface area contributed by atoms with Gasteiger partial charge in [-0.25, -0.2) is 0 Å². The molecule has 0 spiro atoms. The minimum Gasteiger partial charge on any atom is -0.352 e. The van der Waals surface area contributed by atoms with Crippen molar-refractivity contribution in [1.29, 1.82) is 0 Å². The van der Waals surface area contributed by atoms with E-state index in [1.54, 1.807) is 18.2 Å². The molecule has 3 aromatic carbocycles. The van der Waals surface area contributed by atoms with Crippen molar-refractivity contribution in [2.45, 2.75) is 33.2 Å². The van der Waals surface area contributed by atoms with Gasteiger partial charge in [-0.15, -0.1) is 0 Å². The molecule has 0 bridgehead atoms. The molecule has 0 radical (unpaired) electrons. The molecule has 2 amide bonds. The van der Waals surface area contributed by atoms with Crippen LogP contribution in [-0.4, -0.2) is 18.4 Å². The third-order valence-electron chi connectivity index (χ3n) is 5.94. The van der Waals surface area contributed by atoms with Gasteiger partial charge in [0, 0.05) is 24.7 Å². The molecule has 4 heteroatoms. The monoisotopic (exact) mass is 438 g/mol. The molecule has 0 aliphatic heterocycles. The molecule has 4 rings (SSSR count). The van der Waals surface area contributed by atoms with E-state index in [2.05, 4.69) is 66.9 Å². The smallest absolute Gasteiger partial charge is 0.251 e. The van der Waals surface area contributed by atoms with Gasteiger partial charge in [0.25, 0.3) is 5.91 Å². The SMILES string of the molecule is CC(C)CCNC(=O)c1ccc(CNC(=O)C=Cc2ccc3c(c2)-c2ccccc2C3)cc1. The standard InChI is InChI=1S/C29H30N2O2/c1-20(2)15-16-30-29(33)23-11-8-22(9-12-23)19-31-28(32)14-10-21-7-13-25-18-24-5-3-4-6-26(24)27(25)17-21/h3-14,17,20H,15-16,18-19H2,1-2H3,(H,30,33)(H,31,32). The van der Waals surface area contributed by atoms with Gasteiger partial charge in [0.1, 0.15) is 0 Å². The van der Waals surface area contributed by atoms with Crippen LogP contribution in [0.1, 0.15) is 52.9 Å². The van der Waals surface area contributed by atoms with E-state index in [9.17, 15) is 9.59 Å². The lowest BCUT2D eigenvalue weighted by Gasteiger charge is -2.08. The predicted octanol–water partition coefficient (Wildman–Crippen LogP) is 5.36. The fourth-order valence-electron chi connectivity index (χ4n) is 4.02. The summed E-state index contributed by atoms with van der Waals surface area (Å²) in [5.74, 6) is 0.349. The van der Waals surface area contributed by atoms with Crippen LogP contribution in [0.2, 0.25) is 0 Å². The Morgan fingerprint density at radius 1 is 0.909 bits per heavy atom. The lowest BCUT2D eigenvalue weighted by atomic mass is 10.0. The zero-order valence-corrected chi connectivity index (χ0v) is 19.2. The summed E-state index contributed by atoms with van der Waals surface area (Å²) in [6, 6.07) is 22.2. The minimum absolute atomic E-state index is 0.0638. The molecular weight excluding hydrogens is 408 g/mol. The summed E-state index contributed by atoms with van der Waals surface area (Å²) in [5, 5.41) is 5.84. The highest BCUT2D eigenvalue weighted by molar-refractivity contribution is 5.94. The Balaban J connectivity index is 1.29. The first-order chi connectivity index (χ1) is 16.0. The topological polar surface area (TPSA) is 58.2 Å². The molecule has 0 aromatic heterocycles. The predicted molar refractivity (Wildman–Crippen MR) is 134 cm³/mol. The van der Waals surface area contributed by atoms with Gasteiger partial charge in [-0.3, -0.25) is 9.59 Å². The third-order valence-corrected chi connectivity index (χ3v) is 5.94. The van der Waals surface area contributed by atoms with Gasteiger partial charge in [-0.05, 0) is 76.4 Å². The molecular formula is C29H30N2O2. The Bertz CT molecular complexity index is 1180. The van der Waals surface area contributed by atoms with Crippen molar-refractivity contribution in [1.82, 2.24) is 10.6 Å². The Morgan fingerprint density at radius 3 is 2.45 bits per heavy atom. The number of fused-ring (bicyclic) bond motifs is 3. The fourth-order valence-corrected chi connectivity index (χ4v) is 4.02. The normalized spacial score (nSPS) is 12.0. The average Bonchev–Trinajstić information content (AvgIpc) is 3.19. The van der Waals surface area contributed by atoms with E-state index in [0.717, 1.165) is 24.0 Å². The molecule has 1 aliphatic carbocycles. The summed E-state index contributed by atoms with van der Waals surface area (Å²) in [7, 11) is 0. The van der Waals surface area contributed by atoms with Gasteiger partial charge in [-0.1, -0.05) is 62.4 Å². The third kappa shape index (κ3) is 5.78. The van der Waals surface area contributed by atoms with Crippen LogP contribution in [0.15, 0.2) is 72.8 Å². The number of hydrogen-bond acceptors (Lipinski definition) is 2. The van der Waals surface area contributed by atoms with Crippen molar-refractivity contribution in [3.05, 3.63) is 101 Å². The highest BCUT2D eigenvalue weighted by Gasteiger charge is 2.17. The van der Waals surface area contributed by atoms with Crippen molar-refractivity contribution in [3.8, 4) is 11.1 Å². The van der Waals surface area contributed by atoms with Crippen LogP contribution in [0, 0.1) is 5.92 Å². The van der Waals surface area contributed by atoms with Crippen molar-refractivity contribution in [2.24, 2.45) is 5.92 Å². The van der Waals surface area contributed by atoms with E-state index < -0.39 is 0 Å². The van der Waals surface area contributed by atoms with Crippen LogP contribution < -0.4 is 10.6 Å². The number of carbonyl (C=O) groups is 2. The molecule has 33 heavy (non-hydrogen) atoms. The van der Waals surface area contributed by atoms with E-state index in [4.69, 9.17) is 0 Å². The van der Waals surface area contributed by atoms with Crippen LogP contribution in [0.25, 0.3) is 17.2 Å². The Hall–Kier alpha value is -3.66. The number of rotatable bonds is 8. The summed E-state index contributed by atoms with van der Waals surface area (Å²) in [4.78, 5) is 24.5. The minimum atomic E-state index is -0.147. The second-order valence-corrected chi connectivity index (χ2v) is 8.94. The maximum absolute atomic E-state index is 12.3. The van der Waals surface area contributed by atoms with Gasteiger partial charge >= 0.3 is 0 Å². The molecule has 0 heterocycles. The molecule has 0 fully saturated rings. The van der Waals surface area contributed by atoms with Gasteiger partial charge in [0.05, 0.1) is 0 Å². The number of nitrogens with one attached hydrogen (secondary N) is 2. The summed E-state index contributed by atoms with van der Waals surface area (Å²) in [6.45, 7) is 5.36. The zero-order valence-electron chi connectivity index (χ0n) is 19.2. The number of carbonyl (C=O) groups excluding carboxylic acids is 2. The number of benzene rings is 3. The van der Waals surface area contributed by atoms with Crippen molar-refractivity contribution in [3.63, 3.8) is 0 Å². The lowest BCUT2D eigenvalue weighted by Crippen LogP contribution is -2.25. The lowest BCUT2D eigenvalue weighted by molar-refractivity contribution is -0.116. The highest BCUT2D eigenvalue weighted by Crippen LogP contribution is 2.36. The largest absolute Gasteiger partial charge is 0.352 e. The van der Waals surface area contributed by atoms with Crippen LogP contribution in [0.3, 0.4) is 0 Å². The number of amides is 2. The molecule has 0 unspecified atom stereocenters. The van der Waals surface area contributed by atoms with Crippen LogP contribution in [0.4, 0.5) is 0 Å². The molecule has 4 nitrogen and oxygen atoms in total. The molecule has 2 N–H and O–H groups in total. The van der Waals surface area contributed by atoms with Crippen LogP contribution >= 0.6 is 0 Å². The van der Waals surface area contributed by atoms with Crippen LogP contribution in [0.5, 0.6) is 0 Å². The van der Waals surface area contributed by atoms with Gasteiger partial charge in [0.15, 0.2) is 0 Å². The molecule has 1 aliphatic rings. The second-order valence-electron chi connectivity index (χ2n) is 8.94. The maximum atomic E-state index is 12.3. The first-order valence-electron chi connectivity index (χ1n) is 11.5. The van der Waals surface area contributed by atoms with Crippen molar-refractivity contribution >= 4 is 17.9 Å². The summed E-state index contributed by atoms with van der Waals surface area (Å²) < 4.78 is 0. The average molecular weight is 439 g/mol. The van der Waals surface area contributed by atoms with Crippen LogP contribution in [-0.2, 0) is 17.8 Å². The summed E-state index contributed by atoms with van der Waals surface area (Å²) in [5.41, 5.74) is 7.80. The summed E-state index contributed by atoms with van der Waals surface area (Å²) >= 11 is 0.